The van der Waals surface area contributed by atoms with Gasteiger partial charge in [0.1, 0.15) is 17.6 Å². The van der Waals surface area contributed by atoms with Crippen LogP contribution in [-0.2, 0) is 17.9 Å². The van der Waals surface area contributed by atoms with Crippen molar-refractivity contribution >= 4 is 29.1 Å². The van der Waals surface area contributed by atoms with Crippen LogP contribution in [0.5, 0.6) is 0 Å². The van der Waals surface area contributed by atoms with Gasteiger partial charge in [0.25, 0.3) is 5.91 Å². The molecule has 0 atom stereocenters. The Labute approximate surface area is 191 Å². The number of halogens is 2. The molecule has 4 rings (SSSR count). The summed E-state index contributed by atoms with van der Waals surface area (Å²) in [4.78, 5) is 19.0. The SMILES string of the molecule is CN1Cc2c(C#CC(C)(C)OCc3ccc(Cl)cc3)ncn2-c2cccc(Cl)c2C1=O. The van der Waals surface area contributed by atoms with Crippen LogP contribution in [-0.4, -0.2) is 33.0 Å². The third-order valence-corrected chi connectivity index (χ3v) is 5.63. The lowest BCUT2D eigenvalue weighted by Gasteiger charge is -2.19. The summed E-state index contributed by atoms with van der Waals surface area (Å²) < 4.78 is 7.88. The molecule has 2 aromatic carbocycles. The third kappa shape index (κ3) is 4.47. The monoisotopic (exact) mass is 453 g/mol. The number of imidazole rings is 1. The first-order valence-corrected chi connectivity index (χ1v) is 10.5. The first-order chi connectivity index (χ1) is 14.7. The molecule has 1 amide bonds. The molecule has 158 valence electrons. The van der Waals surface area contributed by atoms with Gasteiger partial charge >= 0.3 is 0 Å². The summed E-state index contributed by atoms with van der Waals surface area (Å²) in [5, 5.41) is 1.11. The number of benzene rings is 2. The van der Waals surface area contributed by atoms with E-state index in [1.54, 1.807) is 24.3 Å². The summed E-state index contributed by atoms with van der Waals surface area (Å²) in [6.45, 7) is 4.62. The number of rotatable bonds is 3. The number of amides is 1. The average molecular weight is 454 g/mol. The molecule has 0 saturated heterocycles. The number of ether oxygens (including phenoxy) is 1. The molecule has 1 aromatic heterocycles. The number of carbonyl (C=O) groups is 1. The van der Waals surface area contributed by atoms with Crippen LogP contribution in [0.3, 0.4) is 0 Å². The van der Waals surface area contributed by atoms with Crippen molar-refractivity contribution in [3.63, 3.8) is 0 Å². The van der Waals surface area contributed by atoms with Gasteiger partial charge in [-0.2, -0.15) is 0 Å². The molecule has 0 aliphatic carbocycles. The maximum Gasteiger partial charge on any atom is 0.257 e. The van der Waals surface area contributed by atoms with Gasteiger partial charge in [-0.25, -0.2) is 4.98 Å². The zero-order valence-corrected chi connectivity index (χ0v) is 19.0. The Morgan fingerprint density at radius 3 is 2.65 bits per heavy atom. The van der Waals surface area contributed by atoms with Gasteiger partial charge in [0.15, 0.2) is 0 Å². The first-order valence-electron chi connectivity index (χ1n) is 9.77. The van der Waals surface area contributed by atoms with Crippen LogP contribution < -0.4 is 0 Å². The molecule has 1 aliphatic heterocycles. The molecule has 31 heavy (non-hydrogen) atoms. The summed E-state index contributed by atoms with van der Waals surface area (Å²) in [5.41, 5.74) is 2.94. The van der Waals surface area contributed by atoms with Crippen molar-refractivity contribution in [1.82, 2.24) is 14.5 Å². The molecule has 0 saturated carbocycles. The van der Waals surface area contributed by atoms with Crippen LogP contribution in [0.1, 0.15) is 41.2 Å². The van der Waals surface area contributed by atoms with Gasteiger partial charge < -0.3 is 9.64 Å². The van der Waals surface area contributed by atoms with Crippen molar-refractivity contribution in [1.29, 1.82) is 0 Å². The van der Waals surface area contributed by atoms with Crippen LogP contribution in [0.25, 0.3) is 5.69 Å². The van der Waals surface area contributed by atoms with E-state index < -0.39 is 5.60 Å². The zero-order valence-electron chi connectivity index (χ0n) is 17.4. The topological polar surface area (TPSA) is 47.4 Å². The molecule has 0 unspecified atom stereocenters. The average Bonchev–Trinajstić information content (AvgIpc) is 3.09. The summed E-state index contributed by atoms with van der Waals surface area (Å²) in [7, 11) is 1.74. The van der Waals surface area contributed by atoms with Crippen LogP contribution in [0.4, 0.5) is 0 Å². The van der Waals surface area contributed by atoms with E-state index in [0.717, 1.165) is 11.3 Å². The second-order valence-corrected chi connectivity index (χ2v) is 8.72. The molecule has 2 heterocycles. The molecular formula is C24H21Cl2N3O2. The highest BCUT2D eigenvalue weighted by Gasteiger charge is 2.27. The summed E-state index contributed by atoms with van der Waals surface area (Å²) in [6.07, 6.45) is 1.68. The molecule has 0 N–H and O–H groups in total. The molecule has 1 aliphatic rings. The lowest BCUT2D eigenvalue weighted by Crippen LogP contribution is -2.25. The van der Waals surface area contributed by atoms with Gasteiger partial charge in [0, 0.05) is 12.1 Å². The second kappa shape index (κ2) is 8.39. The number of hydrogen-bond acceptors (Lipinski definition) is 3. The van der Waals surface area contributed by atoms with E-state index >= 15 is 0 Å². The standard InChI is InChI=1S/C24H21Cl2N3O2/c1-24(2,31-14-16-7-9-17(25)10-8-16)12-11-19-21-13-28(3)23(30)22-18(26)5-4-6-20(22)29(21)15-27-19/h4-10,15H,13-14H2,1-3H3. The third-order valence-electron chi connectivity index (χ3n) is 5.06. The summed E-state index contributed by atoms with van der Waals surface area (Å²) in [6, 6.07) is 12.9. The molecule has 0 spiro atoms. The Bertz CT molecular complexity index is 1200. The van der Waals surface area contributed by atoms with E-state index in [2.05, 4.69) is 16.8 Å². The van der Waals surface area contributed by atoms with E-state index in [4.69, 9.17) is 27.9 Å². The maximum atomic E-state index is 12.8. The molecule has 5 nitrogen and oxygen atoms in total. The smallest absolute Gasteiger partial charge is 0.257 e. The quantitative estimate of drug-likeness (QED) is 0.517. The summed E-state index contributed by atoms with van der Waals surface area (Å²) >= 11 is 12.3. The summed E-state index contributed by atoms with van der Waals surface area (Å²) in [5.74, 6) is 6.19. The first kappa shape index (κ1) is 21.5. The van der Waals surface area contributed by atoms with Crippen molar-refractivity contribution < 1.29 is 9.53 Å². The fourth-order valence-electron chi connectivity index (χ4n) is 3.34. The van der Waals surface area contributed by atoms with Crippen molar-refractivity contribution in [3.8, 4) is 17.5 Å². The lowest BCUT2D eigenvalue weighted by atomic mass is 10.1. The minimum Gasteiger partial charge on any atom is -0.358 e. The highest BCUT2D eigenvalue weighted by atomic mass is 35.5. The highest BCUT2D eigenvalue weighted by Crippen LogP contribution is 2.30. The fraction of sp³-hybridized carbons (Fsp3) is 0.250. The van der Waals surface area contributed by atoms with Crippen LogP contribution >= 0.6 is 23.2 Å². The van der Waals surface area contributed by atoms with Gasteiger partial charge in [-0.1, -0.05) is 47.3 Å². The number of aromatic nitrogens is 2. The maximum absolute atomic E-state index is 12.8. The highest BCUT2D eigenvalue weighted by molar-refractivity contribution is 6.34. The number of fused-ring (bicyclic) bond motifs is 3. The predicted molar refractivity (Wildman–Crippen MR) is 122 cm³/mol. The van der Waals surface area contributed by atoms with Crippen LogP contribution in [0.15, 0.2) is 48.8 Å². The molecule has 0 fully saturated rings. The largest absolute Gasteiger partial charge is 0.358 e. The molecule has 3 aromatic rings. The van der Waals surface area contributed by atoms with E-state index in [9.17, 15) is 4.79 Å². The van der Waals surface area contributed by atoms with Crippen molar-refractivity contribution in [2.45, 2.75) is 32.6 Å². The van der Waals surface area contributed by atoms with Gasteiger partial charge in [-0.3, -0.25) is 9.36 Å². The molecule has 0 bridgehead atoms. The van der Waals surface area contributed by atoms with Gasteiger partial charge in [-0.05, 0) is 49.6 Å². The second-order valence-electron chi connectivity index (χ2n) is 7.88. The molecule has 7 heteroatoms. The van der Waals surface area contributed by atoms with Crippen molar-refractivity contribution in [2.24, 2.45) is 0 Å². The Morgan fingerprint density at radius 1 is 1.16 bits per heavy atom. The Hall–Kier alpha value is -2.78. The van der Waals surface area contributed by atoms with Crippen molar-refractivity contribution in [2.75, 3.05) is 7.05 Å². The Balaban J connectivity index is 1.62. The van der Waals surface area contributed by atoms with Crippen LogP contribution in [0, 0.1) is 11.8 Å². The minimum atomic E-state index is -0.691. The van der Waals surface area contributed by atoms with E-state index in [1.165, 1.54) is 0 Å². The van der Waals surface area contributed by atoms with Gasteiger partial charge in [0.05, 0.1) is 35.1 Å². The molecular weight excluding hydrogens is 433 g/mol. The number of carbonyl (C=O) groups excluding carboxylic acids is 1. The minimum absolute atomic E-state index is 0.130. The molecule has 0 radical (unpaired) electrons. The van der Waals surface area contributed by atoms with E-state index in [-0.39, 0.29) is 5.91 Å². The normalized spacial score (nSPS) is 13.2. The van der Waals surface area contributed by atoms with Crippen LogP contribution in [0.2, 0.25) is 10.0 Å². The van der Waals surface area contributed by atoms with E-state index in [1.807, 2.05) is 54.8 Å². The van der Waals surface area contributed by atoms with Gasteiger partial charge in [-0.15, -0.1) is 0 Å². The number of hydrogen-bond donors (Lipinski definition) is 0. The van der Waals surface area contributed by atoms with Crippen molar-refractivity contribution in [3.05, 3.63) is 81.4 Å². The number of nitrogens with zero attached hydrogens (tertiary/aromatic N) is 3. The lowest BCUT2D eigenvalue weighted by molar-refractivity contribution is 0.0144. The Morgan fingerprint density at radius 2 is 1.90 bits per heavy atom. The fourth-order valence-corrected chi connectivity index (χ4v) is 3.72. The van der Waals surface area contributed by atoms with E-state index in [0.29, 0.717) is 40.1 Å². The Kier molecular flexibility index (Phi) is 5.81. The van der Waals surface area contributed by atoms with Gasteiger partial charge in [0.2, 0.25) is 0 Å². The predicted octanol–water partition coefficient (Wildman–Crippen LogP) is 5.11. The zero-order chi connectivity index (χ0) is 22.2.